The molecule has 1 aromatic carbocycles. The third kappa shape index (κ3) is 3.94. The summed E-state index contributed by atoms with van der Waals surface area (Å²) < 4.78 is 7.79. The van der Waals surface area contributed by atoms with E-state index in [9.17, 15) is 9.59 Å². The van der Waals surface area contributed by atoms with Crippen LogP contribution in [0.15, 0.2) is 33.5 Å². The Bertz CT molecular complexity index is 1140. The number of fused-ring (bicyclic) bond motifs is 1. The van der Waals surface area contributed by atoms with E-state index in [0.717, 1.165) is 36.3 Å². The molecular formula is C22H24ClN3O3. The minimum atomic E-state index is -0.245. The number of hydrogen-bond acceptors (Lipinski definition) is 4. The zero-order chi connectivity index (χ0) is 20.7. The molecule has 7 heteroatoms. The van der Waals surface area contributed by atoms with Gasteiger partial charge in [0.15, 0.2) is 11.2 Å². The van der Waals surface area contributed by atoms with Crippen LogP contribution in [0.5, 0.6) is 0 Å². The van der Waals surface area contributed by atoms with Gasteiger partial charge in [0.25, 0.3) is 5.91 Å². The lowest BCUT2D eigenvalue weighted by Gasteiger charge is -2.31. The van der Waals surface area contributed by atoms with Crippen LogP contribution in [0.25, 0.3) is 11.0 Å². The van der Waals surface area contributed by atoms with Gasteiger partial charge in [-0.2, -0.15) is 5.10 Å². The monoisotopic (exact) mass is 413 g/mol. The molecular weight excluding hydrogens is 390 g/mol. The maximum absolute atomic E-state index is 12.9. The van der Waals surface area contributed by atoms with Crippen molar-refractivity contribution in [3.63, 3.8) is 0 Å². The number of likely N-dealkylation sites (tertiary alicyclic amines) is 1. The maximum Gasteiger partial charge on any atom is 0.289 e. The van der Waals surface area contributed by atoms with Crippen molar-refractivity contribution >= 4 is 28.5 Å². The number of piperidine rings is 1. The summed E-state index contributed by atoms with van der Waals surface area (Å²) in [5, 5.41) is 5.48. The Kier molecular flexibility index (Phi) is 5.21. The molecule has 152 valence electrons. The van der Waals surface area contributed by atoms with Crippen LogP contribution in [0, 0.1) is 26.7 Å². The number of amides is 1. The molecule has 0 spiro atoms. The van der Waals surface area contributed by atoms with E-state index in [1.165, 1.54) is 6.07 Å². The number of carbonyl (C=O) groups excluding carboxylic acids is 1. The molecule has 0 aliphatic carbocycles. The van der Waals surface area contributed by atoms with Crippen LogP contribution in [-0.4, -0.2) is 33.7 Å². The van der Waals surface area contributed by atoms with Crippen LogP contribution < -0.4 is 5.43 Å². The Morgan fingerprint density at radius 2 is 1.90 bits per heavy atom. The van der Waals surface area contributed by atoms with E-state index < -0.39 is 0 Å². The Morgan fingerprint density at radius 1 is 1.17 bits per heavy atom. The van der Waals surface area contributed by atoms with Crippen molar-refractivity contribution in [2.45, 2.75) is 40.2 Å². The van der Waals surface area contributed by atoms with Gasteiger partial charge < -0.3 is 9.32 Å². The van der Waals surface area contributed by atoms with Crippen LogP contribution in [0.3, 0.4) is 0 Å². The van der Waals surface area contributed by atoms with Gasteiger partial charge in [-0.05, 0) is 57.2 Å². The van der Waals surface area contributed by atoms with E-state index >= 15 is 0 Å². The Balaban J connectivity index is 1.47. The van der Waals surface area contributed by atoms with Crippen LogP contribution in [0.1, 0.15) is 40.3 Å². The molecule has 3 heterocycles. The van der Waals surface area contributed by atoms with E-state index in [4.69, 9.17) is 16.0 Å². The molecule has 0 saturated carbocycles. The Hall–Kier alpha value is -2.60. The third-order valence-corrected chi connectivity index (χ3v) is 6.06. The van der Waals surface area contributed by atoms with Crippen LogP contribution in [0.2, 0.25) is 5.02 Å². The summed E-state index contributed by atoms with van der Waals surface area (Å²) in [6, 6.07) is 6.67. The lowest BCUT2D eigenvalue weighted by molar-refractivity contribution is 0.0649. The van der Waals surface area contributed by atoms with E-state index in [1.54, 1.807) is 17.0 Å². The number of rotatable bonds is 3. The summed E-state index contributed by atoms with van der Waals surface area (Å²) in [5.41, 5.74) is 3.10. The van der Waals surface area contributed by atoms with Gasteiger partial charge in [0.2, 0.25) is 0 Å². The summed E-state index contributed by atoms with van der Waals surface area (Å²) in [5.74, 6) is 0.298. The maximum atomic E-state index is 12.9. The third-order valence-electron chi connectivity index (χ3n) is 5.66. The number of aromatic nitrogens is 2. The zero-order valence-corrected chi connectivity index (χ0v) is 17.6. The molecule has 0 unspecified atom stereocenters. The molecule has 4 rings (SSSR count). The Morgan fingerprint density at radius 3 is 2.55 bits per heavy atom. The average molecular weight is 414 g/mol. The molecule has 0 atom stereocenters. The molecule has 1 aliphatic rings. The van der Waals surface area contributed by atoms with Gasteiger partial charge in [-0.3, -0.25) is 14.3 Å². The highest BCUT2D eigenvalue weighted by molar-refractivity contribution is 6.32. The van der Waals surface area contributed by atoms with Crippen molar-refractivity contribution in [1.29, 1.82) is 0 Å². The summed E-state index contributed by atoms with van der Waals surface area (Å²) >= 11 is 6.15. The van der Waals surface area contributed by atoms with Crippen LogP contribution in [0.4, 0.5) is 0 Å². The van der Waals surface area contributed by atoms with Crippen molar-refractivity contribution < 1.29 is 9.21 Å². The van der Waals surface area contributed by atoms with Gasteiger partial charge in [-0.25, -0.2) is 0 Å². The molecule has 1 aliphatic heterocycles. The van der Waals surface area contributed by atoms with Gasteiger partial charge in [-0.1, -0.05) is 11.6 Å². The molecule has 1 amide bonds. The minimum Gasteiger partial charge on any atom is -0.451 e. The number of nitrogens with zero attached hydrogens (tertiary/aromatic N) is 3. The van der Waals surface area contributed by atoms with E-state index in [1.807, 2.05) is 18.5 Å². The number of benzene rings is 1. The molecule has 0 bridgehead atoms. The second kappa shape index (κ2) is 7.67. The fourth-order valence-electron chi connectivity index (χ4n) is 3.97. The van der Waals surface area contributed by atoms with Crippen LogP contribution >= 0.6 is 11.6 Å². The molecule has 0 radical (unpaired) electrons. The van der Waals surface area contributed by atoms with Gasteiger partial charge in [0.05, 0.1) is 11.1 Å². The SMILES string of the molecule is Cc1cc(C)n(CC2CCN(C(=O)c3cc(=O)c4cc(C)c(Cl)cc4o3)CC2)n1. The first-order chi connectivity index (χ1) is 13.8. The molecule has 29 heavy (non-hydrogen) atoms. The van der Waals surface area contributed by atoms with Gasteiger partial charge >= 0.3 is 0 Å². The highest BCUT2D eigenvalue weighted by Gasteiger charge is 2.26. The molecule has 2 aromatic heterocycles. The first-order valence-electron chi connectivity index (χ1n) is 9.86. The van der Waals surface area contributed by atoms with Crippen molar-refractivity contribution in [3.8, 4) is 0 Å². The summed E-state index contributed by atoms with van der Waals surface area (Å²) in [7, 11) is 0. The second-order valence-electron chi connectivity index (χ2n) is 7.92. The van der Waals surface area contributed by atoms with Gasteiger partial charge in [-0.15, -0.1) is 0 Å². The topological polar surface area (TPSA) is 68.3 Å². The number of halogens is 1. The lowest BCUT2D eigenvalue weighted by Crippen LogP contribution is -2.39. The molecule has 6 nitrogen and oxygen atoms in total. The predicted octanol–water partition coefficient (Wildman–Crippen LogP) is 4.12. The van der Waals surface area contributed by atoms with Gasteiger partial charge in [0.1, 0.15) is 5.58 Å². The number of hydrogen-bond donors (Lipinski definition) is 0. The smallest absolute Gasteiger partial charge is 0.289 e. The van der Waals surface area contributed by atoms with Crippen molar-refractivity contribution in [2.24, 2.45) is 5.92 Å². The van der Waals surface area contributed by atoms with Gasteiger partial charge in [0, 0.05) is 42.5 Å². The first-order valence-corrected chi connectivity index (χ1v) is 10.2. The fraction of sp³-hybridized carbons (Fsp3) is 0.409. The molecule has 3 aromatic rings. The van der Waals surface area contributed by atoms with Crippen molar-refractivity contribution in [3.05, 3.63) is 62.2 Å². The molecule has 0 N–H and O–H groups in total. The Labute approximate surface area is 174 Å². The minimum absolute atomic E-state index is 0.0689. The summed E-state index contributed by atoms with van der Waals surface area (Å²) in [4.78, 5) is 27.1. The van der Waals surface area contributed by atoms with Crippen molar-refractivity contribution in [1.82, 2.24) is 14.7 Å². The van der Waals surface area contributed by atoms with Crippen molar-refractivity contribution in [2.75, 3.05) is 13.1 Å². The normalized spacial score (nSPS) is 15.2. The average Bonchev–Trinajstić information content (AvgIpc) is 3.00. The van der Waals surface area contributed by atoms with Crippen LogP contribution in [-0.2, 0) is 6.54 Å². The standard InChI is InChI=1S/C22H24ClN3O3/c1-13-8-17-19(27)11-21(29-20(17)10-18(13)23)22(28)25-6-4-16(5-7-25)12-26-15(3)9-14(2)24-26/h8-11,16H,4-7,12H2,1-3H3. The highest BCUT2D eigenvalue weighted by Crippen LogP contribution is 2.24. The number of carbonyl (C=O) groups is 1. The number of aryl methyl sites for hydroxylation is 3. The molecule has 1 fully saturated rings. The summed E-state index contributed by atoms with van der Waals surface area (Å²) in [6.07, 6.45) is 1.79. The summed E-state index contributed by atoms with van der Waals surface area (Å²) in [6.45, 7) is 8.03. The molecule has 1 saturated heterocycles. The highest BCUT2D eigenvalue weighted by atomic mass is 35.5. The van der Waals surface area contributed by atoms with E-state index in [2.05, 4.69) is 18.1 Å². The lowest BCUT2D eigenvalue weighted by atomic mass is 9.96. The zero-order valence-electron chi connectivity index (χ0n) is 16.9. The first kappa shape index (κ1) is 19.7. The van der Waals surface area contributed by atoms with E-state index in [-0.39, 0.29) is 17.1 Å². The van der Waals surface area contributed by atoms with E-state index in [0.29, 0.717) is 35.0 Å². The second-order valence-corrected chi connectivity index (χ2v) is 8.32. The quantitative estimate of drug-likeness (QED) is 0.647. The predicted molar refractivity (Wildman–Crippen MR) is 113 cm³/mol. The largest absolute Gasteiger partial charge is 0.451 e. The fourth-order valence-corrected chi connectivity index (χ4v) is 4.12.